The van der Waals surface area contributed by atoms with E-state index in [0.29, 0.717) is 12.1 Å². The van der Waals surface area contributed by atoms with E-state index < -0.39 is 28.8 Å². The van der Waals surface area contributed by atoms with Gasteiger partial charge in [-0.1, -0.05) is 0 Å². The van der Waals surface area contributed by atoms with E-state index in [1.54, 1.807) is 6.07 Å². The summed E-state index contributed by atoms with van der Waals surface area (Å²) in [7, 11) is 0. The van der Waals surface area contributed by atoms with Gasteiger partial charge in [0, 0.05) is 6.20 Å². The summed E-state index contributed by atoms with van der Waals surface area (Å²) in [5.74, 6) is -1.31. The first kappa shape index (κ1) is 15.9. The summed E-state index contributed by atoms with van der Waals surface area (Å²) in [6.07, 6.45) is -4.00. The molecule has 23 heavy (non-hydrogen) atoms. The zero-order valence-electron chi connectivity index (χ0n) is 11.0. The molecule has 1 aromatic heterocycles. The average molecular weight is 323 g/mol. The van der Waals surface area contributed by atoms with E-state index in [0.717, 1.165) is 6.20 Å². The molecule has 0 amide bonds. The molecule has 0 atom stereocenters. The SMILES string of the molecule is N#CC(=CNc1c(C(F)(F)F)ccc(F)c1C#N)c1nn[nH]n1. The summed E-state index contributed by atoms with van der Waals surface area (Å²) in [5.41, 5.74) is -3.16. The van der Waals surface area contributed by atoms with Gasteiger partial charge in [-0.05, 0) is 17.3 Å². The number of H-pyrrole nitrogens is 1. The average Bonchev–Trinajstić information content (AvgIpc) is 3.01. The number of aromatic nitrogens is 4. The van der Waals surface area contributed by atoms with Crippen LogP contribution in [0.15, 0.2) is 18.3 Å². The molecule has 0 bridgehead atoms. The third-order valence-electron chi connectivity index (χ3n) is 2.64. The Labute approximate surface area is 125 Å². The van der Waals surface area contributed by atoms with Gasteiger partial charge in [0.05, 0.1) is 11.3 Å². The Bertz CT molecular complexity index is 825. The van der Waals surface area contributed by atoms with E-state index in [1.807, 2.05) is 0 Å². The molecule has 1 heterocycles. The minimum atomic E-state index is -4.82. The summed E-state index contributed by atoms with van der Waals surface area (Å²) in [5, 5.41) is 32.2. The summed E-state index contributed by atoms with van der Waals surface area (Å²) in [6.45, 7) is 0. The molecule has 0 saturated carbocycles. The number of rotatable bonds is 3. The Morgan fingerprint density at radius 3 is 2.57 bits per heavy atom. The van der Waals surface area contributed by atoms with Gasteiger partial charge in [0.15, 0.2) is 0 Å². The van der Waals surface area contributed by atoms with Gasteiger partial charge in [0.1, 0.15) is 29.1 Å². The molecule has 0 aliphatic carbocycles. The minimum Gasteiger partial charge on any atom is -0.359 e. The monoisotopic (exact) mass is 323 g/mol. The number of hydrogen-bond acceptors (Lipinski definition) is 6. The van der Waals surface area contributed by atoms with Crippen molar-refractivity contribution in [2.75, 3.05) is 5.32 Å². The highest BCUT2D eigenvalue weighted by Gasteiger charge is 2.35. The maximum absolute atomic E-state index is 13.5. The molecule has 2 rings (SSSR count). The van der Waals surface area contributed by atoms with Gasteiger partial charge in [-0.3, -0.25) is 0 Å². The Morgan fingerprint density at radius 2 is 2.04 bits per heavy atom. The van der Waals surface area contributed by atoms with E-state index in [1.165, 1.54) is 6.07 Å². The number of hydrogen-bond donors (Lipinski definition) is 2. The summed E-state index contributed by atoms with van der Waals surface area (Å²) < 4.78 is 52.5. The largest absolute Gasteiger partial charge is 0.418 e. The van der Waals surface area contributed by atoms with Crippen molar-refractivity contribution in [3.8, 4) is 12.1 Å². The van der Waals surface area contributed by atoms with Gasteiger partial charge in [-0.25, -0.2) is 4.39 Å². The van der Waals surface area contributed by atoms with Crippen molar-refractivity contribution >= 4 is 11.3 Å². The van der Waals surface area contributed by atoms with Crippen LogP contribution in [-0.2, 0) is 6.18 Å². The molecule has 0 unspecified atom stereocenters. The van der Waals surface area contributed by atoms with E-state index >= 15 is 0 Å². The van der Waals surface area contributed by atoms with Crippen LogP contribution in [0.1, 0.15) is 17.0 Å². The van der Waals surface area contributed by atoms with Crippen molar-refractivity contribution in [1.29, 1.82) is 10.5 Å². The van der Waals surface area contributed by atoms with Crippen molar-refractivity contribution in [2.45, 2.75) is 6.18 Å². The van der Waals surface area contributed by atoms with Gasteiger partial charge in [-0.2, -0.15) is 28.9 Å². The first-order valence-corrected chi connectivity index (χ1v) is 5.79. The van der Waals surface area contributed by atoms with Crippen LogP contribution in [0.3, 0.4) is 0 Å². The number of allylic oxidation sites excluding steroid dienone is 1. The molecule has 116 valence electrons. The van der Waals surface area contributed by atoms with E-state index in [2.05, 4.69) is 25.9 Å². The van der Waals surface area contributed by atoms with Crippen LogP contribution in [0.2, 0.25) is 0 Å². The van der Waals surface area contributed by atoms with Crippen molar-refractivity contribution in [3.63, 3.8) is 0 Å². The number of aromatic amines is 1. The third-order valence-corrected chi connectivity index (χ3v) is 2.64. The first-order chi connectivity index (χ1) is 10.9. The Kier molecular flexibility index (Phi) is 4.23. The fourth-order valence-corrected chi connectivity index (χ4v) is 1.64. The molecule has 0 saturated heterocycles. The minimum absolute atomic E-state index is 0.177. The second-order valence-electron chi connectivity index (χ2n) is 4.00. The van der Waals surface area contributed by atoms with Crippen molar-refractivity contribution in [1.82, 2.24) is 20.6 Å². The number of benzene rings is 1. The first-order valence-electron chi connectivity index (χ1n) is 5.79. The summed E-state index contributed by atoms with van der Waals surface area (Å²) in [6, 6.07) is 4.03. The second-order valence-corrected chi connectivity index (χ2v) is 4.00. The molecule has 0 radical (unpaired) electrons. The molecule has 11 heteroatoms. The lowest BCUT2D eigenvalue weighted by molar-refractivity contribution is -0.137. The Hall–Kier alpha value is -3.47. The van der Waals surface area contributed by atoms with Crippen molar-refractivity contribution in [3.05, 3.63) is 41.1 Å². The third kappa shape index (κ3) is 3.24. The highest BCUT2D eigenvalue weighted by Crippen LogP contribution is 2.37. The lowest BCUT2D eigenvalue weighted by Crippen LogP contribution is -2.11. The maximum atomic E-state index is 13.5. The van der Waals surface area contributed by atoms with E-state index in [4.69, 9.17) is 10.5 Å². The molecule has 1 aromatic carbocycles. The zero-order valence-corrected chi connectivity index (χ0v) is 11.0. The number of nitriles is 2. The van der Waals surface area contributed by atoms with Gasteiger partial charge in [0.2, 0.25) is 5.82 Å². The quantitative estimate of drug-likeness (QED) is 0.661. The highest BCUT2D eigenvalue weighted by molar-refractivity contribution is 5.76. The number of alkyl halides is 3. The standard InChI is InChI=1S/C12H5F4N7/c13-9-2-1-8(12(14,15)16)10(7(9)4-18)19-5-6(3-17)11-20-22-23-21-11/h1-2,5,19H,(H,20,21,22,23). The smallest absolute Gasteiger partial charge is 0.359 e. The van der Waals surface area contributed by atoms with E-state index in [-0.39, 0.29) is 11.4 Å². The number of halogens is 4. The molecule has 2 N–H and O–H groups in total. The molecule has 2 aromatic rings. The second kappa shape index (κ2) is 6.11. The van der Waals surface area contributed by atoms with Crippen molar-refractivity contribution < 1.29 is 17.6 Å². The van der Waals surface area contributed by atoms with Gasteiger partial charge >= 0.3 is 6.18 Å². The number of anilines is 1. The molecule has 0 fully saturated rings. The van der Waals surface area contributed by atoms with Crippen LogP contribution in [0.5, 0.6) is 0 Å². The van der Waals surface area contributed by atoms with Gasteiger partial charge in [-0.15, -0.1) is 10.2 Å². The number of nitrogens with zero attached hydrogens (tertiary/aromatic N) is 5. The molecule has 0 spiro atoms. The Morgan fingerprint density at radius 1 is 1.30 bits per heavy atom. The number of tetrazole rings is 1. The van der Waals surface area contributed by atoms with E-state index in [9.17, 15) is 17.6 Å². The molecular weight excluding hydrogens is 318 g/mol. The van der Waals surface area contributed by atoms with Crippen molar-refractivity contribution in [2.24, 2.45) is 0 Å². The lowest BCUT2D eigenvalue weighted by atomic mass is 10.1. The normalized spacial score (nSPS) is 11.7. The fourth-order valence-electron chi connectivity index (χ4n) is 1.64. The zero-order chi connectivity index (χ0) is 17.0. The Balaban J connectivity index is 2.53. The van der Waals surface area contributed by atoms with Crippen LogP contribution in [0.25, 0.3) is 5.57 Å². The molecule has 0 aliphatic rings. The topological polar surface area (TPSA) is 114 Å². The van der Waals surface area contributed by atoms with Crippen LogP contribution >= 0.6 is 0 Å². The van der Waals surface area contributed by atoms with Gasteiger partial charge in [0.25, 0.3) is 0 Å². The lowest BCUT2D eigenvalue weighted by Gasteiger charge is -2.14. The van der Waals surface area contributed by atoms with Crippen LogP contribution in [-0.4, -0.2) is 20.6 Å². The highest BCUT2D eigenvalue weighted by atomic mass is 19.4. The summed E-state index contributed by atoms with van der Waals surface area (Å²) in [4.78, 5) is 0. The van der Waals surface area contributed by atoms with Crippen LogP contribution < -0.4 is 5.32 Å². The van der Waals surface area contributed by atoms with Crippen LogP contribution in [0.4, 0.5) is 23.2 Å². The molecular formula is C12H5F4N7. The van der Waals surface area contributed by atoms with Crippen LogP contribution in [0, 0.1) is 28.5 Å². The number of nitrogens with one attached hydrogen (secondary N) is 2. The predicted molar refractivity (Wildman–Crippen MR) is 67.5 cm³/mol. The molecule has 0 aliphatic heterocycles. The maximum Gasteiger partial charge on any atom is 0.418 e. The predicted octanol–water partition coefficient (Wildman–Crippen LogP) is 2.21. The fraction of sp³-hybridized carbons (Fsp3) is 0.0833. The molecule has 7 nitrogen and oxygen atoms in total. The summed E-state index contributed by atoms with van der Waals surface area (Å²) >= 11 is 0. The van der Waals surface area contributed by atoms with Gasteiger partial charge < -0.3 is 5.32 Å².